The molecule has 1 unspecified atom stereocenters. The molecule has 0 aliphatic carbocycles. The Balaban J connectivity index is 2.12. The minimum Gasteiger partial charge on any atom is -0.316 e. The minimum absolute atomic E-state index is 0.269. The van der Waals surface area contributed by atoms with Crippen molar-refractivity contribution < 1.29 is 4.39 Å². The second-order valence-electron chi connectivity index (χ2n) is 4.44. The van der Waals surface area contributed by atoms with Crippen LogP contribution in [-0.4, -0.2) is 23.1 Å². The van der Waals surface area contributed by atoms with Gasteiger partial charge in [-0.25, -0.2) is 14.4 Å². The topological polar surface area (TPSA) is 37.8 Å². The molecule has 17 heavy (non-hydrogen) atoms. The van der Waals surface area contributed by atoms with Gasteiger partial charge in [0.1, 0.15) is 17.7 Å². The van der Waals surface area contributed by atoms with Crippen molar-refractivity contribution in [1.82, 2.24) is 15.3 Å². The third kappa shape index (κ3) is 1.89. The summed E-state index contributed by atoms with van der Waals surface area (Å²) in [6.07, 6.45) is 3.72. The van der Waals surface area contributed by atoms with Gasteiger partial charge in [0, 0.05) is 17.8 Å². The van der Waals surface area contributed by atoms with Gasteiger partial charge in [0.15, 0.2) is 0 Å². The zero-order valence-electron chi connectivity index (χ0n) is 9.49. The summed E-state index contributed by atoms with van der Waals surface area (Å²) in [6.45, 7) is 1.98. The molecule has 2 heterocycles. The van der Waals surface area contributed by atoms with Crippen LogP contribution in [0.2, 0.25) is 0 Å². The number of fused-ring (bicyclic) bond motifs is 1. The van der Waals surface area contributed by atoms with Crippen LogP contribution in [0.1, 0.15) is 24.5 Å². The summed E-state index contributed by atoms with van der Waals surface area (Å²) in [5, 5.41) is 4.21. The fourth-order valence-corrected chi connectivity index (χ4v) is 2.48. The minimum atomic E-state index is -0.269. The Hall–Kier alpha value is -1.55. The average Bonchev–Trinajstić information content (AvgIpc) is 2.40. The van der Waals surface area contributed by atoms with Gasteiger partial charge in [-0.2, -0.15) is 0 Å². The van der Waals surface area contributed by atoms with E-state index >= 15 is 0 Å². The highest BCUT2D eigenvalue weighted by Gasteiger charge is 2.19. The van der Waals surface area contributed by atoms with E-state index in [0.717, 1.165) is 37.0 Å². The molecule has 3 nitrogen and oxygen atoms in total. The van der Waals surface area contributed by atoms with Gasteiger partial charge in [0.05, 0.1) is 5.69 Å². The molecule has 88 valence electrons. The summed E-state index contributed by atoms with van der Waals surface area (Å²) in [7, 11) is 0. The van der Waals surface area contributed by atoms with Crippen molar-refractivity contribution in [3.8, 4) is 0 Å². The van der Waals surface area contributed by atoms with Crippen molar-refractivity contribution >= 4 is 10.9 Å². The van der Waals surface area contributed by atoms with Crippen LogP contribution in [0.5, 0.6) is 0 Å². The SMILES string of the molecule is Fc1cccc2c(C3CCCNC3)ncnc12. The van der Waals surface area contributed by atoms with E-state index in [4.69, 9.17) is 0 Å². The molecule has 0 saturated carbocycles. The highest BCUT2D eigenvalue weighted by molar-refractivity contribution is 5.81. The van der Waals surface area contributed by atoms with Crippen molar-refractivity contribution in [1.29, 1.82) is 0 Å². The van der Waals surface area contributed by atoms with Crippen LogP contribution < -0.4 is 5.32 Å². The number of aromatic nitrogens is 2. The molecule has 2 aromatic rings. The Labute approximate surface area is 99.1 Å². The number of rotatable bonds is 1. The molecule has 1 aromatic heterocycles. The zero-order valence-corrected chi connectivity index (χ0v) is 9.49. The predicted octanol–water partition coefficient (Wildman–Crippen LogP) is 2.24. The van der Waals surface area contributed by atoms with E-state index < -0.39 is 0 Å². The van der Waals surface area contributed by atoms with Crippen molar-refractivity contribution in [3.63, 3.8) is 0 Å². The van der Waals surface area contributed by atoms with Gasteiger partial charge in [0.25, 0.3) is 0 Å². The lowest BCUT2D eigenvalue weighted by atomic mass is 9.93. The molecule has 1 fully saturated rings. The van der Waals surface area contributed by atoms with E-state index in [1.807, 2.05) is 6.07 Å². The Morgan fingerprint density at radius 2 is 2.24 bits per heavy atom. The van der Waals surface area contributed by atoms with Crippen LogP contribution in [0.15, 0.2) is 24.5 Å². The monoisotopic (exact) mass is 231 g/mol. The first-order valence-electron chi connectivity index (χ1n) is 5.96. The maximum atomic E-state index is 13.6. The maximum absolute atomic E-state index is 13.6. The predicted molar refractivity (Wildman–Crippen MR) is 64.3 cm³/mol. The molecule has 4 heteroatoms. The van der Waals surface area contributed by atoms with Gasteiger partial charge in [-0.3, -0.25) is 0 Å². The molecule has 1 aliphatic heterocycles. The van der Waals surface area contributed by atoms with Crippen LogP contribution in [0.3, 0.4) is 0 Å². The maximum Gasteiger partial charge on any atom is 0.149 e. The summed E-state index contributed by atoms with van der Waals surface area (Å²) in [6, 6.07) is 5.07. The van der Waals surface area contributed by atoms with E-state index in [9.17, 15) is 4.39 Å². The molecule has 1 aliphatic rings. The van der Waals surface area contributed by atoms with Crippen molar-refractivity contribution in [2.45, 2.75) is 18.8 Å². The van der Waals surface area contributed by atoms with Crippen LogP contribution in [-0.2, 0) is 0 Å². The van der Waals surface area contributed by atoms with Crippen molar-refractivity contribution in [2.75, 3.05) is 13.1 Å². The normalized spacial score (nSPS) is 20.6. The zero-order chi connectivity index (χ0) is 11.7. The fraction of sp³-hybridized carbons (Fsp3) is 0.385. The number of nitrogens with zero attached hydrogens (tertiary/aromatic N) is 2. The Morgan fingerprint density at radius 1 is 1.29 bits per heavy atom. The molecular weight excluding hydrogens is 217 g/mol. The van der Waals surface area contributed by atoms with E-state index in [0.29, 0.717) is 11.4 Å². The number of halogens is 1. The fourth-order valence-electron chi connectivity index (χ4n) is 2.48. The molecular formula is C13H14FN3. The molecule has 0 bridgehead atoms. The van der Waals surface area contributed by atoms with E-state index in [2.05, 4.69) is 15.3 Å². The van der Waals surface area contributed by atoms with Gasteiger partial charge >= 0.3 is 0 Å². The molecule has 1 aromatic carbocycles. The summed E-state index contributed by atoms with van der Waals surface area (Å²) in [5.41, 5.74) is 1.41. The third-order valence-corrected chi connectivity index (χ3v) is 3.33. The summed E-state index contributed by atoms with van der Waals surface area (Å²) in [5.74, 6) is 0.103. The summed E-state index contributed by atoms with van der Waals surface area (Å²) < 4.78 is 13.6. The lowest BCUT2D eigenvalue weighted by Crippen LogP contribution is -2.29. The number of benzene rings is 1. The molecule has 0 amide bonds. The van der Waals surface area contributed by atoms with E-state index in [1.54, 1.807) is 6.07 Å². The van der Waals surface area contributed by atoms with E-state index in [1.165, 1.54) is 12.4 Å². The number of hydrogen-bond acceptors (Lipinski definition) is 3. The van der Waals surface area contributed by atoms with Gasteiger partial charge in [0.2, 0.25) is 0 Å². The largest absolute Gasteiger partial charge is 0.316 e. The molecule has 0 spiro atoms. The number of hydrogen-bond donors (Lipinski definition) is 1. The van der Waals surface area contributed by atoms with Gasteiger partial charge < -0.3 is 5.32 Å². The molecule has 1 atom stereocenters. The second-order valence-corrected chi connectivity index (χ2v) is 4.44. The molecule has 0 radical (unpaired) electrons. The third-order valence-electron chi connectivity index (χ3n) is 3.33. The summed E-state index contributed by atoms with van der Waals surface area (Å²) in [4.78, 5) is 8.38. The summed E-state index contributed by atoms with van der Waals surface area (Å²) >= 11 is 0. The highest BCUT2D eigenvalue weighted by atomic mass is 19.1. The standard InChI is InChI=1S/C13H14FN3/c14-11-5-1-4-10-12(16-8-17-13(10)11)9-3-2-6-15-7-9/h1,4-5,8-9,15H,2-3,6-7H2. The first-order chi connectivity index (χ1) is 8.36. The van der Waals surface area contributed by atoms with E-state index in [-0.39, 0.29) is 5.82 Å². The molecule has 1 saturated heterocycles. The van der Waals surface area contributed by atoms with Crippen LogP contribution in [0, 0.1) is 5.82 Å². The Kier molecular flexibility index (Phi) is 2.73. The quantitative estimate of drug-likeness (QED) is 0.818. The first-order valence-corrected chi connectivity index (χ1v) is 5.96. The average molecular weight is 231 g/mol. The Bertz CT molecular complexity index is 535. The van der Waals surface area contributed by atoms with Gasteiger partial charge in [-0.15, -0.1) is 0 Å². The van der Waals surface area contributed by atoms with Crippen molar-refractivity contribution in [3.05, 3.63) is 36.0 Å². The lowest BCUT2D eigenvalue weighted by molar-refractivity contribution is 0.456. The number of nitrogens with one attached hydrogen (secondary N) is 1. The number of para-hydroxylation sites is 1. The van der Waals surface area contributed by atoms with Crippen LogP contribution in [0.25, 0.3) is 10.9 Å². The Morgan fingerprint density at radius 3 is 3.06 bits per heavy atom. The first kappa shape index (κ1) is 10.6. The van der Waals surface area contributed by atoms with Crippen LogP contribution >= 0.6 is 0 Å². The lowest BCUT2D eigenvalue weighted by Gasteiger charge is -2.23. The molecule has 3 rings (SSSR count). The second kappa shape index (κ2) is 4.37. The smallest absolute Gasteiger partial charge is 0.149 e. The molecule has 1 N–H and O–H groups in total. The van der Waals surface area contributed by atoms with Crippen LogP contribution in [0.4, 0.5) is 4.39 Å². The van der Waals surface area contributed by atoms with Crippen molar-refractivity contribution in [2.24, 2.45) is 0 Å². The van der Waals surface area contributed by atoms with Gasteiger partial charge in [-0.1, -0.05) is 12.1 Å². The highest BCUT2D eigenvalue weighted by Crippen LogP contribution is 2.27. The van der Waals surface area contributed by atoms with Gasteiger partial charge in [-0.05, 0) is 25.5 Å². The number of piperidine rings is 1.